The fourth-order valence-electron chi connectivity index (χ4n) is 1.52. The maximum atomic E-state index is 8.66. The minimum Gasteiger partial charge on any atom is -0.384 e. The van der Waals surface area contributed by atoms with E-state index >= 15 is 0 Å². The van der Waals surface area contributed by atoms with E-state index in [1.807, 2.05) is 36.0 Å². The molecule has 0 aliphatic heterocycles. The Morgan fingerprint density at radius 2 is 2.07 bits per heavy atom. The van der Waals surface area contributed by atoms with Crippen LogP contribution in [0.4, 0.5) is 5.69 Å². The summed E-state index contributed by atoms with van der Waals surface area (Å²) in [5, 5.41) is 12.1. The first-order chi connectivity index (χ1) is 7.28. The van der Waals surface area contributed by atoms with E-state index in [1.165, 1.54) is 12.8 Å². The molecular weight excluding hydrogens is 204 g/mol. The quantitative estimate of drug-likeness (QED) is 0.844. The molecule has 1 aromatic rings. The van der Waals surface area contributed by atoms with Gasteiger partial charge in [-0.05, 0) is 43.4 Å². The van der Waals surface area contributed by atoms with E-state index in [0.717, 1.165) is 12.2 Å². The van der Waals surface area contributed by atoms with Crippen molar-refractivity contribution in [3.8, 4) is 6.07 Å². The summed E-state index contributed by atoms with van der Waals surface area (Å²) in [6.07, 6.45) is 4.81. The number of nitrogens with zero attached hydrogens (tertiary/aromatic N) is 1. The summed E-state index contributed by atoms with van der Waals surface area (Å²) in [5.74, 6) is 0. The van der Waals surface area contributed by atoms with Gasteiger partial charge in [-0.15, -0.1) is 0 Å². The lowest BCUT2D eigenvalue weighted by molar-refractivity contribution is 0.949. The van der Waals surface area contributed by atoms with Crippen molar-refractivity contribution in [2.45, 2.75) is 17.6 Å². The van der Waals surface area contributed by atoms with E-state index in [2.05, 4.69) is 17.6 Å². The van der Waals surface area contributed by atoms with Gasteiger partial charge in [0.15, 0.2) is 0 Å². The van der Waals surface area contributed by atoms with Gasteiger partial charge >= 0.3 is 0 Å². The molecule has 0 amide bonds. The molecule has 2 nitrogen and oxygen atoms in total. The van der Waals surface area contributed by atoms with Gasteiger partial charge in [0.05, 0.1) is 11.6 Å². The molecule has 0 heterocycles. The highest BCUT2D eigenvalue weighted by Gasteiger charge is 2.41. The van der Waals surface area contributed by atoms with Crippen LogP contribution in [0.15, 0.2) is 24.3 Å². The molecule has 2 rings (SSSR count). The van der Waals surface area contributed by atoms with Gasteiger partial charge in [-0.25, -0.2) is 0 Å². The Morgan fingerprint density at radius 1 is 1.40 bits per heavy atom. The standard InChI is InChI=1S/C12H14N2S/c1-15-12(6-7-12)9-14-11-4-2-10(8-13)3-5-11/h2-5,14H,6-7,9H2,1H3. The summed E-state index contributed by atoms with van der Waals surface area (Å²) in [6.45, 7) is 1.03. The van der Waals surface area contributed by atoms with Gasteiger partial charge in [0.25, 0.3) is 0 Å². The molecule has 1 aliphatic carbocycles. The molecule has 0 saturated heterocycles. The number of nitrogens with one attached hydrogen (secondary N) is 1. The largest absolute Gasteiger partial charge is 0.384 e. The fourth-order valence-corrected chi connectivity index (χ4v) is 2.25. The lowest BCUT2D eigenvalue weighted by atomic mass is 10.2. The van der Waals surface area contributed by atoms with Crippen LogP contribution in [0.5, 0.6) is 0 Å². The molecule has 1 N–H and O–H groups in total. The molecule has 78 valence electrons. The van der Waals surface area contributed by atoms with Crippen LogP contribution in [0, 0.1) is 11.3 Å². The third kappa shape index (κ3) is 2.45. The van der Waals surface area contributed by atoms with Crippen LogP contribution < -0.4 is 5.32 Å². The van der Waals surface area contributed by atoms with Crippen molar-refractivity contribution < 1.29 is 0 Å². The van der Waals surface area contributed by atoms with Gasteiger partial charge in [-0.3, -0.25) is 0 Å². The Bertz CT molecular complexity index is 374. The number of hydrogen-bond acceptors (Lipinski definition) is 3. The number of anilines is 1. The molecule has 0 unspecified atom stereocenters. The minimum atomic E-state index is 0.480. The second-order valence-corrected chi connectivity index (χ2v) is 5.20. The lowest BCUT2D eigenvalue weighted by Gasteiger charge is -2.13. The topological polar surface area (TPSA) is 35.8 Å². The zero-order valence-corrected chi connectivity index (χ0v) is 9.60. The average Bonchev–Trinajstić information content (AvgIpc) is 3.08. The number of nitriles is 1. The second kappa shape index (κ2) is 4.16. The third-order valence-corrected chi connectivity index (χ3v) is 4.29. The predicted molar refractivity (Wildman–Crippen MR) is 65.1 cm³/mol. The van der Waals surface area contributed by atoms with Crippen LogP contribution in [0.2, 0.25) is 0 Å². The van der Waals surface area contributed by atoms with Crippen molar-refractivity contribution in [3.05, 3.63) is 29.8 Å². The molecule has 15 heavy (non-hydrogen) atoms. The highest BCUT2D eigenvalue weighted by atomic mass is 32.2. The summed E-state index contributed by atoms with van der Waals surface area (Å²) >= 11 is 1.95. The predicted octanol–water partition coefficient (Wildman–Crippen LogP) is 2.87. The van der Waals surface area contributed by atoms with E-state index in [9.17, 15) is 0 Å². The van der Waals surface area contributed by atoms with Gasteiger partial charge in [-0.1, -0.05) is 0 Å². The van der Waals surface area contributed by atoms with Crippen molar-refractivity contribution in [1.82, 2.24) is 0 Å². The van der Waals surface area contributed by atoms with Crippen molar-refractivity contribution in [3.63, 3.8) is 0 Å². The number of hydrogen-bond donors (Lipinski definition) is 1. The Kier molecular flexibility index (Phi) is 2.88. The average molecular weight is 218 g/mol. The molecular formula is C12H14N2S. The molecule has 1 fully saturated rings. The van der Waals surface area contributed by atoms with Gasteiger partial charge in [-0.2, -0.15) is 17.0 Å². The highest BCUT2D eigenvalue weighted by molar-refractivity contribution is 8.00. The maximum absolute atomic E-state index is 8.66. The summed E-state index contributed by atoms with van der Waals surface area (Å²) in [4.78, 5) is 0. The fraction of sp³-hybridized carbons (Fsp3) is 0.417. The minimum absolute atomic E-state index is 0.480. The Balaban J connectivity index is 1.91. The number of thioether (sulfide) groups is 1. The van der Waals surface area contributed by atoms with Crippen LogP contribution >= 0.6 is 11.8 Å². The van der Waals surface area contributed by atoms with E-state index in [-0.39, 0.29) is 0 Å². The third-order valence-electron chi connectivity index (χ3n) is 2.87. The summed E-state index contributed by atoms with van der Waals surface area (Å²) in [6, 6.07) is 9.75. The molecule has 0 aromatic heterocycles. The summed E-state index contributed by atoms with van der Waals surface area (Å²) in [7, 11) is 0. The zero-order chi connectivity index (χ0) is 10.7. The van der Waals surface area contributed by atoms with E-state index in [0.29, 0.717) is 10.3 Å². The summed E-state index contributed by atoms with van der Waals surface area (Å²) < 4.78 is 0.480. The van der Waals surface area contributed by atoms with Crippen LogP contribution in [-0.4, -0.2) is 17.5 Å². The first-order valence-electron chi connectivity index (χ1n) is 5.07. The molecule has 0 spiro atoms. The summed E-state index contributed by atoms with van der Waals surface area (Å²) in [5.41, 5.74) is 1.82. The SMILES string of the molecule is CSC1(CNc2ccc(C#N)cc2)CC1. The molecule has 1 aromatic carbocycles. The van der Waals surface area contributed by atoms with E-state index in [1.54, 1.807) is 0 Å². The Morgan fingerprint density at radius 3 is 2.53 bits per heavy atom. The van der Waals surface area contributed by atoms with Crippen molar-refractivity contribution in [2.24, 2.45) is 0 Å². The van der Waals surface area contributed by atoms with Crippen LogP contribution in [0.25, 0.3) is 0 Å². The monoisotopic (exact) mass is 218 g/mol. The molecule has 1 saturated carbocycles. The van der Waals surface area contributed by atoms with Crippen LogP contribution in [0.3, 0.4) is 0 Å². The van der Waals surface area contributed by atoms with Gasteiger partial charge < -0.3 is 5.32 Å². The van der Waals surface area contributed by atoms with Gasteiger partial charge in [0.1, 0.15) is 0 Å². The number of benzene rings is 1. The zero-order valence-electron chi connectivity index (χ0n) is 8.79. The van der Waals surface area contributed by atoms with Crippen LogP contribution in [-0.2, 0) is 0 Å². The first kappa shape index (κ1) is 10.4. The molecule has 1 aliphatic rings. The van der Waals surface area contributed by atoms with E-state index < -0.39 is 0 Å². The normalized spacial score (nSPS) is 16.8. The Labute approximate surface area is 94.7 Å². The van der Waals surface area contributed by atoms with Crippen molar-refractivity contribution in [2.75, 3.05) is 18.1 Å². The lowest BCUT2D eigenvalue weighted by Crippen LogP contribution is -2.17. The van der Waals surface area contributed by atoms with Crippen molar-refractivity contribution >= 4 is 17.4 Å². The van der Waals surface area contributed by atoms with Gasteiger partial charge in [0, 0.05) is 17.0 Å². The highest BCUT2D eigenvalue weighted by Crippen LogP contribution is 2.46. The molecule has 0 radical (unpaired) electrons. The smallest absolute Gasteiger partial charge is 0.0991 e. The van der Waals surface area contributed by atoms with Crippen LogP contribution in [0.1, 0.15) is 18.4 Å². The molecule has 0 atom stereocenters. The van der Waals surface area contributed by atoms with E-state index in [4.69, 9.17) is 5.26 Å². The number of rotatable bonds is 4. The first-order valence-corrected chi connectivity index (χ1v) is 6.30. The Hall–Kier alpha value is -1.14. The maximum Gasteiger partial charge on any atom is 0.0991 e. The van der Waals surface area contributed by atoms with Gasteiger partial charge in [0.2, 0.25) is 0 Å². The molecule has 0 bridgehead atoms. The van der Waals surface area contributed by atoms with Crippen molar-refractivity contribution in [1.29, 1.82) is 5.26 Å². The second-order valence-electron chi connectivity index (χ2n) is 3.93. The molecule has 3 heteroatoms.